The van der Waals surface area contributed by atoms with Gasteiger partial charge in [-0.05, 0) is 307 Å². The molecular formula is C122H96B2Br7IN7O2. The van der Waals surface area contributed by atoms with E-state index in [1.807, 2.05) is 67.7 Å². The Balaban J connectivity index is 0.000000149. The van der Waals surface area contributed by atoms with Crippen molar-refractivity contribution in [3.05, 3.63) is 429 Å². The van der Waals surface area contributed by atoms with Crippen molar-refractivity contribution in [3.8, 4) is 66.8 Å². The van der Waals surface area contributed by atoms with Gasteiger partial charge in [0, 0.05) is 248 Å². The van der Waals surface area contributed by atoms with Crippen molar-refractivity contribution < 1.29 is 12.9 Å². The molecule has 0 fully saturated rings. The lowest BCUT2D eigenvalue weighted by molar-refractivity contribution is 0.426. The summed E-state index contributed by atoms with van der Waals surface area (Å²) in [6, 6.07) is 142. The van der Waals surface area contributed by atoms with Gasteiger partial charge in [0.25, 0.3) is 0 Å². The number of fused-ring (bicyclic) bond motifs is 21. The van der Waals surface area contributed by atoms with Crippen LogP contribution in [0.1, 0.15) is 10.3 Å². The highest BCUT2D eigenvalue weighted by Gasteiger charge is 2.21. The number of aromatic nitrogens is 7. The summed E-state index contributed by atoms with van der Waals surface area (Å²) in [6.07, 6.45) is 0. The second-order valence-corrected chi connectivity index (χ2v) is 42.9. The molecule has 0 spiro atoms. The van der Waals surface area contributed by atoms with Gasteiger partial charge in [-0.3, -0.25) is 0 Å². The highest BCUT2D eigenvalue weighted by molar-refractivity contribution is 14.1. The Kier molecular flexibility index (Phi) is 28.5. The molecule has 7 heterocycles. The van der Waals surface area contributed by atoms with Crippen molar-refractivity contribution in [3.63, 3.8) is 0 Å². The zero-order valence-electron chi connectivity index (χ0n) is 77.2. The van der Waals surface area contributed by atoms with Gasteiger partial charge >= 0.3 is 7.12 Å². The Morgan fingerprint density at radius 3 is 0.574 bits per heavy atom. The van der Waals surface area contributed by atoms with E-state index in [0.717, 1.165) is 53.1 Å². The number of benzene rings is 19. The number of hydrogen-bond acceptors (Lipinski definition) is 2. The molecule has 0 atom stereocenters. The summed E-state index contributed by atoms with van der Waals surface area (Å²) in [5.41, 5.74) is 32.1. The third-order valence-corrected chi connectivity index (χ3v) is 30.9. The topological polar surface area (TPSA) is 75.0 Å². The van der Waals surface area contributed by atoms with Crippen molar-refractivity contribution in [1.82, 2.24) is 32.0 Å². The van der Waals surface area contributed by atoms with E-state index >= 15 is 0 Å². The molecule has 0 aliphatic carbocycles. The number of para-hydroxylation sites is 8. The highest BCUT2D eigenvalue weighted by Crippen LogP contribution is 2.45. The van der Waals surface area contributed by atoms with Crippen LogP contribution in [0.4, 0.5) is 0 Å². The molecule has 19 heteroatoms. The van der Waals surface area contributed by atoms with Crippen LogP contribution in [-0.4, -0.2) is 57.5 Å². The molecule has 0 saturated carbocycles. The lowest BCUT2D eigenvalue weighted by Gasteiger charge is -2.15. The number of nitrogens with zero attached hydrogens (tertiary/aromatic N) is 7. The zero-order valence-corrected chi connectivity index (χ0v) is 90.5. The van der Waals surface area contributed by atoms with Gasteiger partial charge in [0.15, 0.2) is 0 Å². The molecule has 9 nitrogen and oxygen atoms in total. The molecule has 26 aromatic rings. The summed E-state index contributed by atoms with van der Waals surface area (Å²) in [5, 5.41) is 36.1. The van der Waals surface area contributed by atoms with E-state index in [1.165, 1.54) is 201 Å². The molecule has 0 unspecified atom stereocenters. The van der Waals surface area contributed by atoms with Crippen molar-refractivity contribution in [1.29, 1.82) is 0 Å². The van der Waals surface area contributed by atoms with Crippen LogP contribution in [0.15, 0.2) is 426 Å². The summed E-state index contributed by atoms with van der Waals surface area (Å²) in [4.78, 5) is 0. The molecule has 0 amide bonds. The van der Waals surface area contributed by atoms with Crippen LogP contribution >= 0.6 is 134 Å². The van der Waals surface area contributed by atoms with Gasteiger partial charge in [0.2, 0.25) is 0 Å². The second kappa shape index (κ2) is 41.1. The van der Waals surface area contributed by atoms with Gasteiger partial charge in [-0.25, -0.2) is 0 Å². The van der Waals surface area contributed by atoms with Crippen LogP contribution in [0.25, 0.3) is 219 Å². The van der Waals surface area contributed by atoms with Crippen molar-refractivity contribution in [2.45, 2.75) is 7.43 Å². The van der Waals surface area contributed by atoms with Crippen LogP contribution in [0.5, 0.6) is 0 Å². The fraction of sp³-hybridized carbons (Fsp3) is 0.0656. The van der Waals surface area contributed by atoms with Crippen LogP contribution < -0.4 is 5.46 Å². The lowest BCUT2D eigenvalue weighted by Crippen LogP contribution is -2.29. The molecule has 0 bridgehead atoms. The Labute approximate surface area is 896 Å². The van der Waals surface area contributed by atoms with Crippen LogP contribution in [-0.2, 0) is 49.3 Å². The smallest absolute Gasteiger partial charge is 0.423 e. The van der Waals surface area contributed by atoms with Crippen LogP contribution in [0, 0.1) is 3.57 Å². The summed E-state index contributed by atoms with van der Waals surface area (Å²) in [6.45, 7) is 0. The van der Waals surface area contributed by atoms with Crippen molar-refractivity contribution >= 4 is 308 Å². The van der Waals surface area contributed by atoms with E-state index in [1.54, 1.807) is 6.07 Å². The zero-order chi connectivity index (χ0) is 95.9. The average Bonchev–Trinajstić information content (AvgIpc) is 1.60. The predicted octanol–water partition coefficient (Wildman–Crippen LogP) is 36.0. The van der Waals surface area contributed by atoms with E-state index < -0.39 is 7.12 Å². The largest absolute Gasteiger partial charge is 0.488 e. The standard InChI is InChI=1S/C64H46N4.C13H12BNO2.C13H10IN.C13H11N.C12H6Br4.C6H3Br3.CH4.B.2H2/c1-65-57-17-9-5-13-49(57)53-35-39(21-25-61(53)65)43-29-44(40-22-26-62-54(36-40)50-14-6-10-18-58(50)66(62)2)32-47(31-43)48-33-45(41-23-27-63-55(37-41)51-15-7-11-19-59(51)67(63)3)30-46(34-48)42-24-28-64-56(38-42)52-16-8-12-20-60(52)68(64)4;1-15-12-5-3-2-4-10(12)11-8-9(14(16)17)6-7-13(11)15;1-15-12-5-3-2-4-10(12)11-8-9(14)6-7-13(11)15;1-14-12-8-4-2-6-10(12)11-7-3-5-9-13(11)14;13-9-1-7(2-10(14)5-9)8-3-11(15)6-12(16)4-8;7-4-1-5(8)3-6(9)2-4;;;;/h5-38H,1-4H3;2-8,16-17H,1H3;2-8H,1H3;2-9H,1H3;1-6H;1-3H;1H4;;2*1H/i;;;;;;;;2*1+1. The van der Waals surface area contributed by atoms with Crippen molar-refractivity contribution in [2.24, 2.45) is 49.3 Å². The maximum Gasteiger partial charge on any atom is 0.488 e. The average molecular weight is 2400 g/mol. The summed E-state index contributed by atoms with van der Waals surface area (Å²) >= 11 is 26.4. The fourth-order valence-corrected chi connectivity index (χ4v) is 25.7. The molecule has 3 radical (unpaired) electrons. The molecule has 0 saturated heterocycles. The Morgan fingerprint density at radius 1 is 0.184 bits per heavy atom. The number of hydrogen-bond donors (Lipinski definition) is 2. The van der Waals surface area contributed by atoms with Gasteiger partial charge in [-0.15, -0.1) is 0 Å². The van der Waals surface area contributed by atoms with Gasteiger partial charge < -0.3 is 42.0 Å². The van der Waals surface area contributed by atoms with E-state index in [-0.39, 0.29) is 18.7 Å². The van der Waals surface area contributed by atoms with E-state index in [0.29, 0.717) is 5.46 Å². The molecular weight excluding hydrogens is 2300 g/mol. The molecule has 0 aliphatic rings. The predicted molar refractivity (Wildman–Crippen MR) is 642 cm³/mol. The minimum absolute atomic E-state index is 0. The van der Waals surface area contributed by atoms with Gasteiger partial charge in [-0.1, -0.05) is 301 Å². The third kappa shape index (κ3) is 19.1. The van der Waals surface area contributed by atoms with E-state index in [2.05, 4.69) is 536 Å². The Hall–Kier alpha value is -12.1. The Bertz CT molecular complexity index is 8650. The number of halogens is 8. The van der Waals surface area contributed by atoms with Crippen molar-refractivity contribution in [2.75, 3.05) is 0 Å². The summed E-state index contributed by atoms with van der Waals surface area (Å²) in [5.74, 6) is 0. The third-order valence-electron chi connectivity index (χ3n) is 27.0. The first-order chi connectivity index (χ1) is 67.4. The first-order valence-corrected chi connectivity index (χ1v) is 52.2. The summed E-state index contributed by atoms with van der Waals surface area (Å²) < 4.78 is 24.6. The fourth-order valence-electron chi connectivity index (χ4n) is 20.2. The van der Waals surface area contributed by atoms with Gasteiger partial charge in [0.1, 0.15) is 0 Å². The molecule has 26 rings (SSSR count). The summed E-state index contributed by atoms with van der Waals surface area (Å²) in [7, 11) is 13.5. The SMILES string of the molecule is Brc1cc(Br)cc(-c2cc(Br)cc(Br)c2)c1.Brc1cc(Br)cc(Br)c1.C.Cn1c2ccccc2c2cc(-c3cc(-c4cc(-c5ccc6c(c5)c5ccccc5n6C)cc(-c5ccc6c(c5)c5ccccc5n6C)c4)cc(-c4ccc5c(c4)c4ccccc4n5C)c3)ccc21.Cn1c2ccccc2c2cc(B(O)O)ccc21.Cn1c2ccccc2c2cc(I)ccc21.Cn1c2ccccc2c2ccccc21.[2HH].[2HH].[B]. The normalized spacial score (nSPS) is 11.3. The van der Waals surface area contributed by atoms with E-state index in [4.69, 9.17) is 0 Å². The second-order valence-electron chi connectivity index (χ2n) is 35.3. The van der Waals surface area contributed by atoms with Crippen LogP contribution in [0.3, 0.4) is 0 Å². The monoisotopic (exact) mass is 2390 g/mol. The molecule has 693 valence electrons. The first-order valence-electron chi connectivity index (χ1n) is 45.5. The molecule has 0 aliphatic heterocycles. The first kappa shape index (κ1) is 97.7. The highest BCUT2D eigenvalue weighted by atomic mass is 127. The van der Waals surface area contributed by atoms with Crippen LogP contribution in [0.2, 0.25) is 0 Å². The maximum atomic E-state index is 9.21. The van der Waals surface area contributed by atoms with Gasteiger partial charge in [0.05, 0.1) is 0 Å². The minimum atomic E-state index is -1.42. The number of rotatable bonds is 7. The Morgan fingerprint density at radius 2 is 0.348 bits per heavy atom. The molecule has 19 aromatic carbocycles. The number of aryl methyl sites for hydroxylation is 7. The maximum absolute atomic E-state index is 9.21. The quantitative estimate of drug-likeness (QED) is 0.123. The molecule has 7 aromatic heterocycles. The van der Waals surface area contributed by atoms with E-state index in [9.17, 15) is 10.0 Å². The van der Waals surface area contributed by atoms with Gasteiger partial charge in [-0.2, -0.15) is 0 Å². The molecule has 141 heavy (non-hydrogen) atoms. The lowest BCUT2D eigenvalue weighted by atomic mass is 9.80. The minimum Gasteiger partial charge on any atom is -0.423 e. The molecule has 2 N–H and O–H groups in total.